The van der Waals surface area contributed by atoms with Gasteiger partial charge in [0.15, 0.2) is 0 Å². The summed E-state index contributed by atoms with van der Waals surface area (Å²) in [6.45, 7) is 2.48. The standard InChI is InChI=1S/C17H19NO4S/c1-3-11-7-9-23-15(11)16(19)18-8-6-12-4-5-13(17(20)21)10-14(12)22-2/h4-5,7,9-10H,3,6,8H2,1-2H3,(H,18,19)(H,20,21). The second kappa shape index (κ2) is 7.78. The van der Waals surface area contributed by atoms with Gasteiger partial charge in [0.25, 0.3) is 5.91 Å². The van der Waals surface area contributed by atoms with E-state index in [1.807, 2.05) is 18.4 Å². The number of nitrogens with one attached hydrogen (secondary N) is 1. The van der Waals surface area contributed by atoms with Gasteiger partial charge in [-0.05, 0) is 47.5 Å². The molecule has 1 heterocycles. The molecule has 0 unspecified atom stereocenters. The number of hydrogen-bond acceptors (Lipinski definition) is 4. The number of amides is 1. The summed E-state index contributed by atoms with van der Waals surface area (Å²) in [5.74, 6) is -0.546. The lowest BCUT2D eigenvalue weighted by Crippen LogP contribution is -2.25. The van der Waals surface area contributed by atoms with Crippen molar-refractivity contribution < 1.29 is 19.4 Å². The molecule has 0 bridgehead atoms. The Morgan fingerprint density at radius 3 is 2.70 bits per heavy atom. The summed E-state index contributed by atoms with van der Waals surface area (Å²) in [5.41, 5.74) is 2.09. The molecule has 6 heteroatoms. The van der Waals surface area contributed by atoms with E-state index in [4.69, 9.17) is 9.84 Å². The number of benzene rings is 1. The third kappa shape index (κ3) is 4.10. The molecule has 0 saturated heterocycles. The van der Waals surface area contributed by atoms with E-state index in [1.165, 1.54) is 30.6 Å². The normalized spacial score (nSPS) is 10.3. The van der Waals surface area contributed by atoms with Gasteiger partial charge in [-0.2, -0.15) is 0 Å². The smallest absolute Gasteiger partial charge is 0.335 e. The second-order valence-electron chi connectivity index (χ2n) is 4.97. The van der Waals surface area contributed by atoms with Crippen molar-refractivity contribution in [1.29, 1.82) is 0 Å². The molecule has 0 fully saturated rings. The van der Waals surface area contributed by atoms with Gasteiger partial charge in [-0.25, -0.2) is 4.79 Å². The van der Waals surface area contributed by atoms with Crippen LogP contribution in [0.15, 0.2) is 29.6 Å². The summed E-state index contributed by atoms with van der Waals surface area (Å²) in [4.78, 5) is 23.9. The Bertz CT molecular complexity index is 708. The van der Waals surface area contributed by atoms with Gasteiger partial charge in [-0.3, -0.25) is 4.79 Å². The fourth-order valence-electron chi connectivity index (χ4n) is 2.29. The monoisotopic (exact) mass is 333 g/mol. The first-order valence-corrected chi connectivity index (χ1v) is 8.19. The number of aryl methyl sites for hydroxylation is 1. The zero-order chi connectivity index (χ0) is 16.8. The Kier molecular flexibility index (Phi) is 5.76. The molecule has 0 radical (unpaired) electrons. The third-order valence-electron chi connectivity index (χ3n) is 3.55. The van der Waals surface area contributed by atoms with Gasteiger partial charge < -0.3 is 15.2 Å². The highest BCUT2D eigenvalue weighted by Crippen LogP contribution is 2.21. The minimum Gasteiger partial charge on any atom is -0.496 e. The Morgan fingerprint density at radius 2 is 2.04 bits per heavy atom. The predicted octanol–water partition coefficient (Wildman–Crippen LogP) is 2.99. The lowest BCUT2D eigenvalue weighted by atomic mass is 10.1. The van der Waals surface area contributed by atoms with Gasteiger partial charge in [0, 0.05) is 6.54 Å². The fourth-order valence-corrected chi connectivity index (χ4v) is 3.20. The highest BCUT2D eigenvalue weighted by atomic mass is 32.1. The SMILES string of the molecule is CCc1ccsc1C(=O)NCCc1ccc(C(=O)O)cc1OC. The van der Waals surface area contributed by atoms with Crippen LogP contribution in [0.25, 0.3) is 0 Å². The highest BCUT2D eigenvalue weighted by Gasteiger charge is 2.13. The summed E-state index contributed by atoms with van der Waals surface area (Å²) < 4.78 is 5.23. The maximum atomic E-state index is 12.2. The molecule has 122 valence electrons. The van der Waals surface area contributed by atoms with Crippen molar-refractivity contribution in [1.82, 2.24) is 5.32 Å². The van der Waals surface area contributed by atoms with E-state index in [-0.39, 0.29) is 11.5 Å². The van der Waals surface area contributed by atoms with Gasteiger partial charge in [-0.1, -0.05) is 13.0 Å². The van der Waals surface area contributed by atoms with E-state index in [0.29, 0.717) is 18.7 Å². The average Bonchev–Trinajstić information content (AvgIpc) is 3.03. The molecule has 2 N–H and O–H groups in total. The number of rotatable bonds is 7. The van der Waals surface area contributed by atoms with Crippen molar-refractivity contribution >= 4 is 23.2 Å². The molecule has 1 aromatic carbocycles. The molecular weight excluding hydrogens is 314 g/mol. The number of carboxylic acid groups (broad SMARTS) is 1. The van der Waals surface area contributed by atoms with Crippen molar-refractivity contribution in [2.45, 2.75) is 19.8 Å². The van der Waals surface area contributed by atoms with Crippen molar-refractivity contribution in [3.63, 3.8) is 0 Å². The lowest BCUT2D eigenvalue weighted by molar-refractivity contribution is 0.0696. The Balaban J connectivity index is 1.98. The van der Waals surface area contributed by atoms with Gasteiger partial charge in [0.1, 0.15) is 5.75 Å². The van der Waals surface area contributed by atoms with E-state index in [0.717, 1.165) is 22.4 Å². The zero-order valence-corrected chi connectivity index (χ0v) is 13.9. The number of carbonyl (C=O) groups is 2. The minimum atomic E-state index is -0.993. The maximum Gasteiger partial charge on any atom is 0.335 e. The number of thiophene rings is 1. The van der Waals surface area contributed by atoms with Crippen LogP contribution in [0.3, 0.4) is 0 Å². The van der Waals surface area contributed by atoms with Crippen LogP contribution >= 0.6 is 11.3 Å². The molecule has 0 saturated carbocycles. The Hall–Kier alpha value is -2.34. The van der Waals surface area contributed by atoms with Gasteiger partial charge in [0.05, 0.1) is 17.6 Å². The first-order valence-electron chi connectivity index (χ1n) is 7.31. The van der Waals surface area contributed by atoms with E-state index < -0.39 is 5.97 Å². The summed E-state index contributed by atoms with van der Waals surface area (Å²) in [6, 6.07) is 6.72. The van der Waals surface area contributed by atoms with E-state index in [2.05, 4.69) is 5.32 Å². The predicted molar refractivity (Wildman–Crippen MR) is 89.7 cm³/mol. The minimum absolute atomic E-state index is 0.0713. The first-order chi connectivity index (χ1) is 11.1. The zero-order valence-electron chi connectivity index (χ0n) is 13.1. The lowest BCUT2D eigenvalue weighted by Gasteiger charge is -2.10. The maximum absolute atomic E-state index is 12.2. The van der Waals surface area contributed by atoms with Crippen LogP contribution in [0, 0.1) is 0 Å². The van der Waals surface area contributed by atoms with Crippen LogP contribution in [0.1, 0.15) is 38.1 Å². The van der Waals surface area contributed by atoms with Gasteiger partial charge >= 0.3 is 5.97 Å². The first kappa shape index (κ1) is 17.0. The molecule has 2 rings (SSSR count). The van der Waals surface area contributed by atoms with Crippen molar-refractivity contribution in [3.8, 4) is 5.75 Å². The number of hydrogen-bond donors (Lipinski definition) is 2. The molecule has 0 aliphatic heterocycles. The fraction of sp³-hybridized carbons (Fsp3) is 0.294. The molecule has 1 amide bonds. The second-order valence-corrected chi connectivity index (χ2v) is 5.88. The topological polar surface area (TPSA) is 75.6 Å². The quantitative estimate of drug-likeness (QED) is 0.817. The van der Waals surface area contributed by atoms with Crippen molar-refractivity contribution in [3.05, 3.63) is 51.2 Å². The van der Waals surface area contributed by atoms with Crippen LogP contribution in [-0.4, -0.2) is 30.6 Å². The number of ether oxygens (including phenoxy) is 1. The molecule has 23 heavy (non-hydrogen) atoms. The molecule has 0 aliphatic carbocycles. The Labute approximate surface area is 138 Å². The molecule has 0 spiro atoms. The van der Waals surface area contributed by atoms with Crippen LogP contribution in [0.5, 0.6) is 5.75 Å². The Morgan fingerprint density at radius 1 is 1.26 bits per heavy atom. The summed E-state index contributed by atoms with van der Waals surface area (Å²) >= 11 is 1.44. The molecule has 0 atom stereocenters. The van der Waals surface area contributed by atoms with Crippen LogP contribution in [-0.2, 0) is 12.8 Å². The van der Waals surface area contributed by atoms with Gasteiger partial charge in [0.2, 0.25) is 0 Å². The van der Waals surface area contributed by atoms with E-state index in [1.54, 1.807) is 6.07 Å². The summed E-state index contributed by atoms with van der Waals surface area (Å²) in [5, 5.41) is 13.8. The number of methoxy groups -OCH3 is 1. The molecular formula is C17H19NO4S. The van der Waals surface area contributed by atoms with Crippen LogP contribution < -0.4 is 10.1 Å². The van der Waals surface area contributed by atoms with Crippen LogP contribution in [0.2, 0.25) is 0 Å². The van der Waals surface area contributed by atoms with Gasteiger partial charge in [-0.15, -0.1) is 11.3 Å². The van der Waals surface area contributed by atoms with E-state index >= 15 is 0 Å². The largest absolute Gasteiger partial charge is 0.496 e. The molecule has 5 nitrogen and oxygen atoms in total. The number of carbonyl (C=O) groups excluding carboxylic acids is 1. The number of carboxylic acids is 1. The summed E-state index contributed by atoms with van der Waals surface area (Å²) in [6.07, 6.45) is 1.40. The van der Waals surface area contributed by atoms with E-state index in [9.17, 15) is 9.59 Å². The van der Waals surface area contributed by atoms with Crippen molar-refractivity contribution in [2.24, 2.45) is 0 Å². The van der Waals surface area contributed by atoms with Crippen molar-refractivity contribution in [2.75, 3.05) is 13.7 Å². The van der Waals surface area contributed by atoms with Crippen LogP contribution in [0.4, 0.5) is 0 Å². The average molecular weight is 333 g/mol. The molecule has 0 aliphatic rings. The third-order valence-corrected chi connectivity index (χ3v) is 4.50. The highest BCUT2D eigenvalue weighted by molar-refractivity contribution is 7.12. The summed E-state index contributed by atoms with van der Waals surface area (Å²) in [7, 11) is 1.50. The molecule has 1 aromatic heterocycles. The molecule has 2 aromatic rings. The number of aromatic carboxylic acids is 1.